The molecule has 1 aliphatic heterocycles. The number of aromatic carboxylic acids is 1. The molecule has 2 amide bonds. The highest BCUT2D eigenvalue weighted by Crippen LogP contribution is 2.40. The number of nitrogens with one attached hydrogen (secondary N) is 2. The maximum atomic E-state index is 12.7. The van der Waals surface area contributed by atoms with Crippen LogP contribution >= 0.6 is 11.8 Å². The van der Waals surface area contributed by atoms with E-state index in [9.17, 15) is 24.6 Å². The summed E-state index contributed by atoms with van der Waals surface area (Å²) in [6.07, 6.45) is 1.42. The van der Waals surface area contributed by atoms with Crippen LogP contribution in [0.5, 0.6) is 0 Å². The molecule has 11 heteroatoms. The van der Waals surface area contributed by atoms with Crippen LogP contribution in [0.15, 0.2) is 126 Å². The summed E-state index contributed by atoms with van der Waals surface area (Å²) in [6.45, 7) is 0.335. The van der Waals surface area contributed by atoms with Crippen molar-refractivity contribution in [2.24, 2.45) is 0 Å². The average molecular weight is 760 g/mol. The number of unbranched alkanes of at least 4 members (excludes halogenated alkanes) is 1. The number of para-hydroxylation sites is 2. The minimum atomic E-state index is -0.957. The number of anilines is 2. The second-order valence-corrected chi connectivity index (χ2v) is 14.5. The lowest BCUT2D eigenvalue weighted by Crippen LogP contribution is -2.31. The predicted molar refractivity (Wildman–Crippen MR) is 214 cm³/mol. The van der Waals surface area contributed by atoms with Crippen molar-refractivity contribution in [1.82, 2.24) is 5.32 Å². The Bertz CT molecular complexity index is 2060. The van der Waals surface area contributed by atoms with Crippen LogP contribution in [0.4, 0.5) is 11.4 Å². The molecule has 5 aromatic rings. The van der Waals surface area contributed by atoms with Gasteiger partial charge in [-0.1, -0.05) is 84.9 Å². The van der Waals surface area contributed by atoms with E-state index in [1.807, 2.05) is 97.1 Å². The van der Waals surface area contributed by atoms with Crippen molar-refractivity contribution < 1.29 is 34.1 Å². The summed E-state index contributed by atoms with van der Waals surface area (Å²) in [5.41, 5.74) is 12.9. The normalized spacial score (nSPS) is 16.6. The smallest absolute Gasteiger partial charge is 0.335 e. The molecular weight excluding hydrogens is 715 g/mol. The van der Waals surface area contributed by atoms with Gasteiger partial charge in [-0.15, -0.1) is 11.8 Å². The van der Waals surface area contributed by atoms with Crippen LogP contribution in [0.25, 0.3) is 11.1 Å². The van der Waals surface area contributed by atoms with Crippen LogP contribution in [0.3, 0.4) is 0 Å². The summed E-state index contributed by atoms with van der Waals surface area (Å²) in [7, 11) is 0. The molecule has 0 aromatic heterocycles. The molecule has 0 aliphatic carbocycles. The number of ether oxygens (including phenoxy) is 2. The van der Waals surface area contributed by atoms with Crippen molar-refractivity contribution in [1.29, 1.82) is 0 Å². The quantitative estimate of drug-likeness (QED) is 0.0379. The van der Waals surface area contributed by atoms with Crippen LogP contribution in [-0.2, 0) is 32.2 Å². The molecule has 10 nitrogen and oxygen atoms in total. The van der Waals surface area contributed by atoms with E-state index in [1.54, 1.807) is 36.0 Å². The number of hydrogen-bond donors (Lipinski definition) is 5. The van der Waals surface area contributed by atoms with Crippen LogP contribution in [0.1, 0.15) is 77.1 Å². The summed E-state index contributed by atoms with van der Waals surface area (Å²) in [6, 6.07) is 37.7. The number of carbonyl (C=O) groups excluding carboxylic acids is 2. The highest BCUT2D eigenvalue weighted by Gasteiger charge is 2.32. The molecule has 3 unspecified atom stereocenters. The summed E-state index contributed by atoms with van der Waals surface area (Å²) < 4.78 is 13.1. The molecule has 284 valence electrons. The number of rotatable bonds is 16. The van der Waals surface area contributed by atoms with E-state index in [1.165, 1.54) is 0 Å². The van der Waals surface area contributed by atoms with Gasteiger partial charge in [0.15, 0.2) is 6.29 Å². The fourth-order valence-electron chi connectivity index (χ4n) is 6.36. The number of aliphatic hydroxyl groups is 1. The van der Waals surface area contributed by atoms with Crippen LogP contribution in [0, 0.1) is 0 Å². The first-order valence-electron chi connectivity index (χ1n) is 18.3. The number of carbonyl (C=O) groups is 3. The van der Waals surface area contributed by atoms with Gasteiger partial charge in [0.25, 0.3) is 0 Å². The molecule has 0 radical (unpaired) electrons. The van der Waals surface area contributed by atoms with Gasteiger partial charge in [-0.25, -0.2) is 4.79 Å². The lowest BCUT2D eigenvalue weighted by Gasteiger charge is -2.36. The first kappa shape index (κ1) is 39.2. The number of nitrogen functional groups attached to an aromatic ring is 1. The fourth-order valence-corrected chi connectivity index (χ4v) is 7.28. The van der Waals surface area contributed by atoms with Crippen LogP contribution < -0.4 is 16.4 Å². The van der Waals surface area contributed by atoms with Gasteiger partial charge in [0.05, 0.1) is 35.8 Å². The number of thioether (sulfide) groups is 1. The highest BCUT2D eigenvalue weighted by molar-refractivity contribution is 7.99. The Labute approximate surface area is 325 Å². The zero-order valence-corrected chi connectivity index (χ0v) is 31.2. The van der Waals surface area contributed by atoms with E-state index in [0.29, 0.717) is 55.8 Å². The molecule has 6 N–H and O–H groups in total. The molecule has 6 rings (SSSR count). The first-order valence-corrected chi connectivity index (χ1v) is 19.3. The van der Waals surface area contributed by atoms with E-state index in [-0.39, 0.29) is 36.2 Å². The molecule has 1 heterocycles. The lowest BCUT2D eigenvalue weighted by atomic mass is 9.97. The van der Waals surface area contributed by atoms with Crippen LogP contribution in [0.2, 0.25) is 0 Å². The Morgan fingerprint density at radius 2 is 1.44 bits per heavy atom. The van der Waals surface area contributed by atoms with Gasteiger partial charge in [-0.3, -0.25) is 9.59 Å². The Balaban J connectivity index is 1.06. The molecule has 55 heavy (non-hydrogen) atoms. The van der Waals surface area contributed by atoms with Gasteiger partial charge in [0.1, 0.15) is 0 Å². The number of aliphatic hydroxyl groups excluding tert-OH is 1. The Kier molecular flexibility index (Phi) is 13.7. The molecule has 5 aromatic carbocycles. The zero-order valence-electron chi connectivity index (χ0n) is 30.4. The second-order valence-electron chi connectivity index (χ2n) is 13.4. The van der Waals surface area contributed by atoms with Crippen molar-refractivity contribution in [3.63, 3.8) is 0 Å². The molecule has 0 spiro atoms. The molecule has 1 saturated heterocycles. The molecule has 1 aliphatic rings. The summed E-state index contributed by atoms with van der Waals surface area (Å²) in [4.78, 5) is 37.3. The standard InChI is InChI=1S/C44H45N3O7S/c45-38-9-3-4-10-39(38)47-42(50)12-6-5-11-41(49)46-26-34-7-1-2-8-37(34)30-17-19-33(20-18-30)44-53-35(28-55-36-23-21-32(22-24-36)43(51)52)25-40(54-44)31-15-13-29(27-48)14-16-31/h1-4,7-10,13-24,35,40,44,48H,5-6,11-12,25-28,45H2,(H,46,49)(H,47,50)(H,51,52). The third-order valence-corrected chi connectivity index (χ3v) is 10.6. The van der Waals surface area contributed by atoms with Gasteiger partial charge in [0.2, 0.25) is 11.8 Å². The third kappa shape index (κ3) is 11.1. The number of carboxylic acid groups (broad SMARTS) is 1. The maximum absolute atomic E-state index is 12.7. The van der Waals surface area contributed by atoms with E-state index < -0.39 is 12.3 Å². The van der Waals surface area contributed by atoms with Gasteiger partial charge in [0, 0.05) is 42.0 Å². The predicted octanol–water partition coefficient (Wildman–Crippen LogP) is 8.28. The van der Waals surface area contributed by atoms with Crippen molar-refractivity contribution in [3.05, 3.63) is 149 Å². The number of carboxylic acids is 1. The zero-order chi connectivity index (χ0) is 38.6. The van der Waals surface area contributed by atoms with Crippen molar-refractivity contribution in [2.45, 2.75) is 68.6 Å². The molecule has 3 atom stereocenters. The fraction of sp³-hybridized carbons (Fsp3) is 0.250. The molecule has 0 bridgehead atoms. The number of hydrogen-bond acceptors (Lipinski definition) is 8. The third-order valence-electron chi connectivity index (χ3n) is 9.43. The van der Waals surface area contributed by atoms with E-state index >= 15 is 0 Å². The van der Waals surface area contributed by atoms with E-state index in [0.717, 1.165) is 38.3 Å². The van der Waals surface area contributed by atoms with E-state index in [2.05, 4.69) is 10.6 Å². The minimum Gasteiger partial charge on any atom is -0.478 e. The first-order chi connectivity index (χ1) is 26.7. The van der Waals surface area contributed by atoms with Gasteiger partial charge < -0.3 is 36.1 Å². The topological polar surface area (TPSA) is 160 Å². The SMILES string of the molecule is Nc1ccccc1NC(=O)CCCCC(=O)NCc1ccccc1-c1ccc(C2OC(CSc3ccc(C(=O)O)cc3)CC(c3ccc(CO)cc3)O2)cc1. The summed E-state index contributed by atoms with van der Waals surface area (Å²) in [5.74, 6) is -0.515. The van der Waals surface area contributed by atoms with Crippen molar-refractivity contribution >= 4 is 40.9 Å². The van der Waals surface area contributed by atoms with Gasteiger partial charge in [-0.2, -0.15) is 0 Å². The Morgan fingerprint density at radius 3 is 2.15 bits per heavy atom. The number of benzene rings is 5. The molecule has 1 fully saturated rings. The highest BCUT2D eigenvalue weighted by atomic mass is 32.2. The van der Waals surface area contributed by atoms with Gasteiger partial charge in [-0.05, 0) is 77.1 Å². The Morgan fingerprint density at radius 1 is 0.764 bits per heavy atom. The lowest BCUT2D eigenvalue weighted by molar-refractivity contribution is -0.245. The van der Waals surface area contributed by atoms with Gasteiger partial charge >= 0.3 is 5.97 Å². The molecule has 0 saturated carbocycles. The summed E-state index contributed by atoms with van der Waals surface area (Å²) in [5, 5.41) is 24.7. The second kappa shape index (κ2) is 19.2. The largest absolute Gasteiger partial charge is 0.478 e. The maximum Gasteiger partial charge on any atom is 0.335 e. The monoisotopic (exact) mass is 759 g/mol. The van der Waals surface area contributed by atoms with Crippen LogP contribution in [-0.4, -0.2) is 39.9 Å². The Hall–Kier alpha value is -5.46. The number of amides is 2. The van der Waals surface area contributed by atoms with E-state index in [4.69, 9.17) is 15.2 Å². The van der Waals surface area contributed by atoms with Crippen molar-refractivity contribution in [3.8, 4) is 11.1 Å². The minimum absolute atomic E-state index is 0.0344. The number of nitrogens with two attached hydrogens (primary N) is 1. The average Bonchev–Trinajstić information content (AvgIpc) is 3.22. The summed E-state index contributed by atoms with van der Waals surface area (Å²) >= 11 is 1.61. The molecular formula is C44H45N3O7S. The van der Waals surface area contributed by atoms with Crippen molar-refractivity contribution in [2.75, 3.05) is 16.8 Å².